The van der Waals surface area contributed by atoms with Crippen molar-refractivity contribution in [2.45, 2.75) is 51.4 Å². The fourth-order valence-electron chi connectivity index (χ4n) is 3.17. The highest BCUT2D eigenvalue weighted by molar-refractivity contribution is 7.13. The van der Waals surface area contributed by atoms with Gasteiger partial charge < -0.3 is 5.73 Å². The molecule has 1 heterocycles. The van der Waals surface area contributed by atoms with Crippen molar-refractivity contribution < 1.29 is 0 Å². The summed E-state index contributed by atoms with van der Waals surface area (Å²) in [4.78, 5) is 4.41. The Morgan fingerprint density at radius 2 is 1.70 bits per heavy atom. The van der Waals surface area contributed by atoms with Crippen molar-refractivity contribution in [3.63, 3.8) is 0 Å². The van der Waals surface area contributed by atoms with Gasteiger partial charge in [0, 0.05) is 10.9 Å². The van der Waals surface area contributed by atoms with E-state index in [2.05, 4.69) is 50.9 Å². The van der Waals surface area contributed by atoms with Crippen LogP contribution in [0.1, 0.15) is 51.7 Å². The number of hydrogen-bond donors (Lipinski definition) is 1. The van der Waals surface area contributed by atoms with Crippen LogP contribution in [0.3, 0.4) is 0 Å². The van der Waals surface area contributed by atoms with E-state index in [9.17, 15) is 0 Å². The first-order valence-corrected chi connectivity index (χ1v) is 8.04. The monoisotopic (exact) mass is 286 g/mol. The molecule has 0 fully saturated rings. The molecule has 2 N–H and O–H groups in total. The first-order valence-electron chi connectivity index (χ1n) is 7.16. The Bertz CT molecular complexity index is 653. The first-order chi connectivity index (χ1) is 9.29. The Labute approximate surface area is 125 Å². The first kappa shape index (κ1) is 13.6. The number of hydrogen-bond acceptors (Lipinski definition) is 3. The molecule has 0 saturated carbocycles. The minimum Gasteiger partial charge on any atom is -0.375 e. The van der Waals surface area contributed by atoms with Crippen LogP contribution in [0.4, 0.5) is 5.13 Å². The van der Waals surface area contributed by atoms with E-state index < -0.39 is 0 Å². The van der Waals surface area contributed by atoms with Gasteiger partial charge in [0.05, 0.1) is 5.69 Å². The molecule has 1 aromatic carbocycles. The number of anilines is 1. The van der Waals surface area contributed by atoms with Crippen LogP contribution < -0.4 is 5.73 Å². The maximum Gasteiger partial charge on any atom is 0.180 e. The summed E-state index contributed by atoms with van der Waals surface area (Å²) in [6.45, 7) is 9.39. The van der Waals surface area contributed by atoms with Gasteiger partial charge in [-0.2, -0.15) is 0 Å². The number of fused-ring (bicyclic) bond motifs is 1. The molecule has 2 aromatic rings. The largest absolute Gasteiger partial charge is 0.375 e. The highest BCUT2D eigenvalue weighted by Crippen LogP contribution is 2.46. The molecule has 1 aliphatic carbocycles. The Morgan fingerprint density at radius 1 is 1.05 bits per heavy atom. The number of nitrogens with two attached hydrogens (primary N) is 1. The smallest absolute Gasteiger partial charge is 0.180 e. The molecule has 20 heavy (non-hydrogen) atoms. The SMILES string of the molecule is CC1(C)CCC(C)(C)c2cc(-c3csc(N)n3)ccc21. The second-order valence-corrected chi connectivity index (χ2v) is 7.99. The van der Waals surface area contributed by atoms with E-state index >= 15 is 0 Å². The van der Waals surface area contributed by atoms with Crippen molar-refractivity contribution in [3.05, 3.63) is 34.7 Å². The summed E-state index contributed by atoms with van der Waals surface area (Å²) in [6.07, 6.45) is 2.48. The second kappa shape index (κ2) is 4.32. The molecule has 2 nitrogen and oxygen atoms in total. The number of nitrogen functional groups attached to an aromatic ring is 1. The third kappa shape index (κ3) is 2.14. The molecule has 0 saturated heterocycles. The van der Waals surface area contributed by atoms with E-state index in [1.807, 2.05) is 5.38 Å². The minimum atomic E-state index is 0.239. The van der Waals surface area contributed by atoms with Gasteiger partial charge in [0.1, 0.15) is 0 Å². The Morgan fingerprint density at radius 3 is 2.30 bits per heavy atom. The van der Waals surface area contributed by atoms with Crippen LogP contribution in [-0.4, -0.2) is 4.98 Å². The molecule has 0 spiro atoms. The zero-order valence-corrected chi connectivity index (χ0v) is 13.5. The van der Waals surface area contributed by atoms with Gasteiger partial charge in [-0.3, -0.25) is 0 Å². The highest BCUT2D eigenvalue weighted by Gasteiger charge is 2.37. The van der Waals surface area contributed by atoms with Gasteiger partial charge in [-0.15, -0.1) is 11.3 Å². The van der Waals surface area contributed by atoms with Crippen molar-refractivity contribution >= 4 is 16.5 Å². The summed E-state index contributed by atoms with van der Waals surface area (Å²) < 4.78 is 0. The average molecular weight is 286 g/mol. The summed E-state index contributed by atoms with van der Waals surface area (Å²) >= 11 is 1.50. The predicted octanol–water partition coefficient (Wildman–Crippen LogP) is 4.74. The van der Waals surface area contributed by atoms with Gasteiger partial charge in [-0.05, 0) is 40.9 Å². The van der Waals surface area contributed by atoms with Gasteiger partial charge in [0.2, 0.25) is 0 Å². The summed E-state index contributed by atoms with van der Waals surface area (Å²) in [6, 6.07) is 6.81. The minimum absolute atomic E-state index is 0.239. The zero-order valence-electron chi connectivity index (χ0n) is 12.7. The Hall–Kier alpha value is -1.35. The fourth-order valence-corrected chi connectivity index (χ4v) is 3.74. The van der Waals surface area contributed by atoms with Crippen molar-refractivity contribution in [1.82, 2.24) is 4.98 Å². The predicted molar refractivity (Wildman–Crippen MR) is 87.2 cm³/mol. The molecule has 0 radical (unpaired) electrons. The van der Waals surface area contributed by atoms with Crippen molar-refractivity contribution in [1.29, 1.82) is 0 Å². The molecule has 1 aromatic heterocycles. The molecule has 0 unspecified atom stereocenters. The molecule has 3 rings (SSSR count). The van der Waals surface area contributed by atoms with Gasteiger partial charge in [0.15, 0.2) is 5.13 Å². The summed E-state index contributed by atoms with van der Waals surface area (Å²) in [5, 5.41) is 2.68. The third-order valence-corrected chi connectivity index (χ3v) is 5.34. The summed E-state index contributed by atoms with van der Waals surface area (Å²) in [5.74, 6) is 0. The van der Waals surface area contributed by atoms with Crippen LogP contribution in [0, 0.1) is 0 Å². The fraction of sp³-hybridized carbons (Fsp3) is 0.471. The topological polar surface area (TPSA) is 38.9 Å². The standard InChI is InChI=1S/C17H22N2S/c1-16(2)7-8-17(3,4)13-9-11(5-6-12(13)16)14-10-20-15(18)19-14/h5-6,9-10H,7-8H2,1-4H3,(H2,18,19). The molecule has 106 valence electrons. The van der Waals surface area contributed by atoms with Crippen LogP contribution in [0.2, 0.25) is 0 Å². The number of benzene rings is 1. The molecular formula is C17H22N2S. The number of nitrogens with zero attached hydrogens (tertiary/aromatic N) is 1. The van der Waals surface area contributed by atoms with Gasteiger partial charge in [-0.25, -0.2) is 4.98 Å². The van der Waals surface area contributed by atoms with Crippen LogP contribution >= 0.6 is 11.3 Å². The molecule has 1 aliphatic rings. The average Bonchev–Trinajstić information content (AvgIpc) is 2.82. The number of thiazole rings is 1. The maximum atomic E-state index is 5.76. The van der Waals surface area contributed by atoms with Crippen LogP contribution in [0.5, 0.6) is 0 Å². The molecule has 3 heteroatoms. The zero-order chi connectivity index (χ0) is 14.5. The number of aromatic nitrogens is 1. The highest BCUT2D eigenvalue weighted by atomic mass is 32.1. The lowest BCUT2D eigenvalue weighted by molar-refractivity contribution is 0.332. The van der Waals surface area contributed by atoms with E-state index in [1.54, 1.807) is 0 Å². The van der Waals surface area contributed by atoms with Crippen molar-refractivity contribution in [2.75, 3.05) is 5.73 Å². The van der Waals surface area contributed by atoms with Gasteiger partial charge >= 0.3 is 0 Å². The van der Waals surface area contributed by atoms with Crippen LogP contribution in [0.15, 0.2) is 23.6 Å². The van der Waals surface area contributed by atoms with Crippen LogP contribution in [0.25, 0.3) is 11.3 Å². The molecule has 0 amide bonds. The summed E-state index contributed by atoms with van der Waals surface area (Å²) in [7, 11) is 0. The Balaban J connectivity index is 2.16. The molecule has 0 atom stereocenters. The lowest BCUT2D eigenvalue weighted by Gasteiger charge is -2.42. The van der Waals surface area contributed by atoms with Crippen molar-refractivity contribution in [2.24, 2.45) is 0 Å². The lowest BCUT2D eigenvalue weighted by Crippen LogP contribution is -2.33. The van der Waals surface area contributed by atoms with Crippen LogP contribution in [-0.2, 0) is 10.8 Å². The molecule has 0 aliphatic heterocycles. The quantitative estimate of drug-likeness (QED) is 0.822. The molecular weight excluding hydrogens is 264 g/mol. The molecule has 0 bridgehead atoms. The number of rotatable bonds is 1. The van der Waals surface area contributed by atoms with E-state index in [-0.39, 0.29) is 10.8 Å². The van der Waals surface area contributed by atoms with E-state index in [4.69, 9.17) is 5.73 Å². The maximum absolute atomic E-state index is 5.76. The second-order valence-electron chi connectivity index (χ2n) is 7.10. The summed E-state index contributed by atoms with van der Waals surface area (Å²) in [5.41, 5.74) is 11.4. The Kier molecular flexibility index (Phi) is 2.94. The van der Waals surface area contributed by atoms with E-state index in [0.29, 0.717) is 5.13 Å². The van der Waals surface area contributed by atoms with Gasteiger partial charge in [0.25, 0.3) is 0 Å². The third-order valence-electron chi connectivity index (χ3n) is 4.67. The van der Waals surface area contributed by atoms with Gasteiger partial charge in [-0.1, -0.05) is 39.8 Å². The normalized spacial score (nSPS) is 19.6. The van der Waals surface area contributed by atoms with E-state index in [1.165, 1.54) is 40.9 Å². The lowest BCUT2D eigenvalue weighted by atomic mass is 9.63. The van der Waals surface area contributed by atoms with E-state index in [0.717, 1.165) is 5.69 Å². The van der Waals surface area contributed by atoms with Crippen molar-refractivity contribution in [3.8, 4) is 11.3 Å².